The Hall–Kier alpha value is -3.13. The number of oxazole rings is 1. The summed E-state index contributed by atoms with van der Waals surface area (Å²) in [7, 11) is 3.04. The number of nitrogens with one attached hydrogen (secondary N) is 1. The zero-order valence-electron chi connectivity index (χ0n) is 15.6. The Kier molecular flexibility index (Phi) is 6.44. The van der Waals surface area contributed by atoms with Crippen molar-refractivity contribution >= 4 is 23.0 Å². The van der Waals surface area contributed by atoms with Crippen molar-refractivity contribution in [2.24, 2.45) is 0 Å². The number of hydrogen-bond acceptors (Lipinski definition) is 7. The first-order valence-corrected chi connectivity index (χ1v) is 9.49. The number of ketones is 1. The molecule has 0 aliphatic heterocycles. The highest BCUT2D eigenvalue weighted by atomic mass is 32.1. The van der Waals surface area contributed by atoms with Gasteiger partial charge in [-0.25, -0.2) is 4.98 Å². The number of nitrogens with zero attached hydrogens (tertiary/aromatic N) is 1. The number of amides is 1. The fourth-order valence-corrected chi connectivity index (χ4v) is 3.22. The van der Waals surface area contributed by atoms with Crippen LogP contribution in [0.15, 0.2) is 46.4 Å². The van der Waals surface area contributed by atoms with Crippen LogP contribution >= 0.6 is 11.3 Å². The molecular weight excluding hydrogens is 380 g/mol. The van der Waals surface area contributed by atoms with Crippen molar-refractivity contribution in [3.05, 3.63) is 53.2 Å². The second kappa shape index (κ2) is 9.18. The van der Waals surface area contributed by atoms with Gasteiger partial charge in [-0.2, -0.15) is 0 Å². The number of carbonyl (C=O) groups is 2. The molecular formula is C20H20N2O5S. The second-order valence-corrected chi connectivity index (χ2v) is 6.84. The summed E-state index contributed by atoms with van der Waals surface area (Å²) in [4.78, 5) is 29.6. The molecule has 146 valence electrons. The van der Waals surface area contributed by atoms with Gasteiger partial charge in [-0.15, -0.1) is 11.3 Å². The van der Waals surface area contributed by atoms with Crippen LogP contribution in [0, 0.1) is 0 Å². The van der Waals surface area contributed by atoms with Crippen molar-refractivity contribution in [2.45, 2.75) is 19.4 Å². The number of ether oxygens (including phenoxy) is 2. The zero-order valence-corrected chi connectivity index (χ0v) is 16.4. The van der Waals surface area contributed by atoms with Gasteiger partial charge in [-0.1, -0.05) is 6.07 Å². The third-order valence-electron chi connectivity index (χ3n) is 4.04. The fourth-order valence-electron chi connectivity index (χ4n) is 2.56. The molecule has 2 aromatic heterocycles. The molecule has 3 rings (SSSR count). The first-order valence-electron chi connectivity index (χ1n) is 8.61. The van der Waals surface area contributed by atoms with Gasteiger partial charge in [-0.05, 0) is 29.6 Å². The second-order valence-electron chi connectivity index (χ2n) is 5.89. The minimum atomic E-state index is -0.227. The highest BCUT2D eigenvalue weighted by Gasteiger charge is 2.13. The fraction of sp³-hybridized carbons (Fsp3) is 0.250. The predicted molar refractivity (Wildman–Crippen MR) is 105 cm³/mol. The van der Waals surface area contributed by atoms with Crippen molar-refractivity contribution in [3.63, 3.8) is 0 Å². The number of benzene rings is 1. The van der Waals surface area contributed by atoms with Crippen molar-refractivity contribution in [3.8, 4) is 22.3 Å². The Bertz CT molecular complexity index is 949. The van der Waals surface area contributed by atoms with Crippen LogP contribution in [0.1, 0.15) is 28.9 Å². The van der Waals surface area contributed by atoms with Crippen LogP contribution in [-0.2, 0) is 11.3 Å². The number of thiophene rings is 1. The molecule has 2 heterocycles. The maximum absolute atomic E-state index is 12.3. The third-order valence-corrected chi connectivity index (χ3v) is 4.89. The summed E-state index contributed by atoms with van der Waals surface area (Å²) in [5, 5.41) is 4.69. The third kappa shape index (κ3) is 4.77. The lowest BCUT2D eigenvalue weighted by Gasteiger charge is -2.09. The molecule has 1 N–H and O–H groups in total. The Morgan fingerprint density at radius 2 is 1.96 bits per heavy atom. The van der Waals surface area contributed by atoms with Crippen LogP contribution in [0.25, 0.3) is 10.8 Å². The molecule has 8 heteroatoms. The summed E-state index contributed by atoms with van der Waals surface area (Å²) in [6, 6.07) is 8.77. The predicted octanol–water partition coefficient (Wildman–Crippen LogP) is 3.70. The lowest BCUT2D eigenvalue weighted by molar-refractivity contribution is -0.121. The summed E-state index contributed by atoms with van der Waals surface area (Å²) in [5.74, 6) is 1.19. The van der Waals surface area contributed by atoms with Gasteiger partial charge in [0.15, 0.2) is 17.3 Å². The zero-order chi connectivity index (χ0) is 19.9. The van der Waals surface area contributed by atoms with Crippen LogP contribution < -0.4 is 14.8 Å². The van der Waals surface area contributed by atoms with Crippen LogP contribution in [-0.4, -0.2) is 30.9 Å². The number of rotatable bonds is 9. The van der Waals surface area contributed by atoms with E-state index in [1.807, 2.05) is 17.5 Å². The molecule has 3 aromatic rings. The summed E-state index contributed by atoms with van der Waals surface area (Å²) in [5.41, 5.74) is 1.10. The molecule has 0 spiro atoms. The number of carbonyl (C=O) groups excluding carboxylic acids is 2. The maximum atomic E-state index is 12.3. The van der Waals surface area contributed by atoms with Gasteiger partial charge in [-0.3, -0.25) is 9.59 Å². The van der Waals surface area contributed by atoms with Crippen molar-refractivity contribution < 1.29 is 23.5 Å². The molecule has 7 nitrogen and oxygen atoms in total. The average Bonchev–Trinajstić information content (AvgIpc) is 3.41. The molecule has 28 heavy (non-hydrogen) atoms. The van der Waals surface area contributed by atoms with E-state index in [1.54, 1.807) is 18.2 Å². The van der Waals surface area contributed by atoms with E-state index in [4.69, 9.17) is 13.9 Å². The van der Waals surface area contributed by atoms with Crippen LogP contribution in [0.5, 0.6) is 11.5 Å². The standard InChI is InChI=1S/C20H20N2O5S/c1-25-16-7-5-13(10-17(16)26-2)15(23)6-8-19(24)21-11-14-12-27-20(22-14)18-4-3-9-28-18/h3-5,7,9-10,12H,6,8,11H2,1-2H3,(H,21,24). The first-order chi connectivity index (χ1) is 13.6. The number of methoxy groups -OCH3 is 2. The molecule has 0 bridgehead atoms. The molecule has 1 amide bonds. The Balaban J connectivity index is 1.48. The Labute approximate surface area is 166 Å². The number of hydrogen-bond donors (Lipinski definition) is 1. The molecule has 1 aromatic carbocycles. The van der Waals surface area contributed by atoms with Gasteiger partial charge in [0.05, 0.1) is 31.3 Å². The van der Waals surface area contributed by atoms with Crippen molar-refractivity contribution in [1.29, 1.82) is 0 Å². The van der Waals surface area contributed by atoms with E-state index >= 15 is 0 Å². The van der Waals surface area contributed by atoms with Gasteiger partial charge in [0, 0.05) is 18.4 Å². The Morgan fingerprint density at radius 3 is 2.68 bits per heavy atom. The van der Waals surface area contributed by atoms with E-state index in [-0.39, 0.29) is 31.1 Å². The summed E-state index contributed by atoms with van der Waals surface area (Å²) < 4.78 is 15.8. The van der Waals surface area contributed by atoms with Crippen LogP contribution in [0.3, 0.4) is 0 Å². The summed E-state index contributed by atoms with van der Waals surface area (Å²) >= 11 is 1.53. The Morgan fingerprint density at radius 1 is 1.14 bits per heavy atom. The molecule has 0 aliphatic rings. The van der Waals surface area contributed by atoms with Crippen LogP contribution in [0.2, 0.25) is 0 Å². The minimum Gasteiger partial charge on any atom is -0.493 e. The molecule has 0 radical (unpaired) electrons. The molecule has 0 unspecified atom stereocenters. The first kappa shape index (κ1) is 19.6. The van der Waals surface area contributed by atoms with Crippen molar-refractivity contribution in [2.75, 3.05) is 14.2 Å². The quantitative estimate of drug-likeness (QED) is 0.551. The van der Waals surface area contributed by atoms with E-state index in [0.29, 0.717) is 28.6 Å². The van der Waals surface area contributed by atoms with Gasteiger partial charge >= 0.3 is 0 Å². The monoisotopic (exact) mass is 400 g/mol. The van der Waals surface area contributed by atoms with Gasteiger partial charge in [0.1, 0.15) is 6.26 Å². The topological polar surface area (TPSA) is 90.7 Å². The minimum absolute atomic E-state index is 0.0861. The SMILES string of the molecule is COc1ccc(C(=O)CCC(=O)NCc2coc(-c3cccs3)n2)cc1OC. The van der Waals surface area contributed by atoms with E-state index in [0.717, 1.165) is 4.88 Å². The highest BCUT2D eigenvalue weighted by Crippen LogP contribution is 2.28. The molecule has 0 saturated heterocycles. The number of aromatic nitrogens is 1. The maximum Gasteiger partial charge on any atom is 0.236 e. The average molecular weight is 400 g/mol. The molecule has 0 saturated carbocycles. The van der Waals surface area contributed by atoms with Gasteiger partial charge in [0.25, 0.3) is 0 Å². The van der Waals surface area contributed by atoms with E-state index in [2.05, 4.69) is 10.3 Å². The van der Waals surface area contributed by atoms with Crippen molar-refractivity contribution in [1.82, 2.24) is 10.3 Å². The highest BCUT2D eigenvalue weighted by molar-refractivity contribution is 7.13. The van der Waals surface area contributed by atoms with E-state index < -0.39 is 0 Å². The molecule has 0 atom stereocenters. The summed E-state index contributed by atoms with van der Waals surface area (Å²) in [6.07, 6.45) is 1.70. The largest absolute Gasteiger partial charge is 0.493 e. The van der Waals surface area contributed by atoms with Gasteiger partial charge < -0.3 is 19.2 Å². The number of Topliss-reactive ketones (excluding diaryl/α,β-unsaturated/α-hetero) is 1. The normalized spacial score (nSPS) is 10.5. The lowest BCUT2D eigenvalue weighted by atomic mass is 10.1. The van der Waals surface area contributed by atoms with E-state index in [1.165, 1.54) is 31.8 Å². The van der Waals surface area contributed by atoms with E-state index in [9.17, 15) is 9.59 Å². The molecule has 0 fully saturated rings. The summed E-state index contributed by atoms with van der Waals surface area (Å²) in [6.45, 7) is 0.248. The molecule has 0 aliphatic carbocycles. The smallest absolute Gasteiger partial charge is 0.236 e. The van der Waals surface area contributed by atoms with Crippen LogP contribution in [0.4, 0.5) is 0 Å². The van der Waals surface area contributed by atoms with Gasteiger partial charge in [0.2, 0.25) is 11.8 Å². The lowest BCUT2D eigenvalue weighted by Crippen LogP contribution is -2.23.